The first-order valence-electron chi connectivity index (χ1n) is 6.33. The van der Waals surface area contributed by atoms with Crippen molar-refractivity contribution in [3.63, 3.8) is 0 Å². The third-order valence-corrected chi connectivity index (χ3v) is 3.44. The lowest BCUT2D eigenvalue weighted by Gasteiger charge is -2.16. The first-order valence-corrected chi connectivity index (χ1v) is 6.33. The Hall–Kier alpha value is -0.570. The minimum absolute atomic E-state index is 0.115. The predicted octanol–water partition coefficient (Wildman–Crippen LogP) is 1.39. The van der Waals surface area contributed by atoms with Crippen molar-refractivity contribution in [3.8, 4) is 0 Å². The second-order valence-corrected chi connectivity index (χ2v) is 4.85. The maximum absolute atomic E-state index is 11.9. The van der Waals surface area contributed by atoms with Gasteiger partial charge in [0.05, 0.1) is 6.04 Å². The summed E-state index contributed by atoms with van der Waals surface area (Å²) in [4.78, 5) is 14.0. The quantitative estimate of drug-likeness (QED) is 0.718. The number of nitrogens with one attached hydrogen (secondary N) is 1. The van der Waals surface area contributed by atoms with E-state index in [-0.39, 0.29) is 6.04 Å². The lowest BCUT2D eigenvalue weighted by molar-refractivity contribution is -0.129. The topological polar surface area (TPSA) is 32.3 Å². The van der Waals surface area contributed by atoms with Gasteiger partial charge in [-0.1, -0.05) is 19.8 Å². The molecule has 2 rings (SSSR count). The number of carbonyl (C=O) groups is 1. The third kappa shape index (κ3) is 2.94. The summed E-state index contributed by atoms with van der Waals surface area (Å²) in [5, 5.41) is 3.32. The van der Waals surface area contributed by atoms with E-state index in [0.717, 1.165) is 38.4 Å². The Kier molecular flexibility index (Phi) is 3.62. The van der Waals surface area contributed by atoms with Crippen LogP contribution in [0.3, 0.4) is 0 Å². The standard InChI is InChI=1S/C12H22N2O/c1-2-7-13-11-6-9-14(12(11)15)8-5-10-3-4-10/h10-11,13H,2-9H2,1H3. The highest BCUT2D eigenvalue weighted by atomic mass is 16.2. The van der Waals surface area contributed by atoms with Crippen molar-refractivity contribution in [2.45, 2.75) is 45.1 Å². The molecule has 0 radical (unpaired) electrons. The summed E-state index contributed by atoms with van der Waals surface area (Å²) in [6.45, 7) is 5.06. The summed E-state index contributed by atoms with van der Waals surface area (Å²) >= 11 is 0. The average molecular weight is 210 g/mol. The SMILES string of the molecule is CCCNC1CCN(CCC2CC2)C1=O. The monoisotopic (exact) mass is 210 g/mol. The zero-order valence-electron chi connectivity index (χ0n) is 9.67. The molecule has 0 aromatic carbocycles. The molecule has 86 valence electrons. The Morgan fingerprint density at radius 1 is 1.40 bits per heavy atom. The molecule has 0 bridgehead atoms. The molecule has 1 heterocycles. The summed E-state index contributed by atoms with van der Waals surface area (Å²) in [5.41, 5.74) is 0. The van der Waals surface area contributed by atoms with Crippen LogP contribution in [0.4, 0.5) is 0 Å². The predicted molar refractivity (Wildman–Crippen MR) is 60.6 cm³/mol. The minimum Gasteiger partial charge on any atom is -0.341 e. The van der Waals surface area contributed by atoms with E-state index in [1.54, 1.807) is 0 Å². The van der Waals surface area contributed by atoms with E-state index in [4.69, 9.17) is 0 Å². The molecule has 15 heavy (non-hydrogen) atoms. The van der Waals surface area contributed by atoms with E-state index in [1.165, 1.54) is 19.3 Å². The van der Waals surface area contributed by atoms with Crippen LogP contribution < -0.4 is 5.32 Å². The van der Waals surface area contributed by atoms with Crippen molar-refractivity contribution < 1.29 is 4.79 Å². The Morgan fingerprint density at radius 3 is 2.87 bits per heavy atom. The molecule has 2 aliphatic rings. The number of likely N-dealkylation sites (tertiary alicyclic amines) is 1. The van der Waals surface area contributed by atoms with Crippen LogP contribution in [0.15, 0.2) is 0 Å². The first-order chi connectivity index (χ1) is 7.31. The van der Waals surface area contributed by atoms with Gasteiger partial charge in [0.1, 0.15) is 0 Å². The lowest BCUT2D eigenvalue weighted by Crippen LogP contribution is -2.38. The molecule has 1 aliphatic heterocycles. The zero-order chi connectivity index (χ0) is 10.7. The fraction of sp³-hybridized carbons (Fsp3) is 0.917. The third-order valence-electron chi connectivity index (χ3n) is 3.44. The van der Waals surface area contributed by atoms with Gasteiger partial charge in [0.15, 0.2) is 0 Å². The zero-order valence-corrected chi connectivity index (χ0v) is 9.67. The number of carbonyl (C=O) groups excluding carboxylic acids is 1. The van der Waals surface area contributed by atoms with Crippen LogP contribution in [0.2, 0.25) is 0 Å². The molecule has 0 aromatic rings. The van der Waals surface area contributed by atoms with Crippen molar-refractivity contribution >= 4 is 5.91 Å². The molecule has 0 spiro atoms. The highest BCUT2D eigenvalue weighted by Gasteiger charge is 2.32. The molecule has 3 nitrogen and oxygen atoms in total. The van der Waals surface area contributed by atoms with Gasteiger partial charge in [-0.05, 0) is 31.7 Å². The molecule has 1 saturated heterocycles. The molecule has 1 aliphatic carbocycles. The van der Waals surface area contributed by atoms with Crippen LogP contribution in [0.1, 0.15) is 39.0 Å². The summed E-state index contributed by atoms with van der Waals surface area (Å²) in [6.07, 6.45) is 6.11. The van der Waals surface area contributed by atoms with Gasteiger partial charge in [0, 0.05) is 13.1 Å². The van der Waals surface area contributed by atoms with E-state index in [1.807, 2.05) is 4.90 Å². The smallest absolute Gasteiger partial charge is 0.239 e. The van der Waals surface area contributed by atoms with E-state index >= 15 is 0 Å². The number of nitrogens with zero attached hydrogens (tertiary/aromatic N) is 1. The summed E-state index contributed by atoms with van der Waals surface area (Å²) in [6, 6.07) is 0.115. The Bertz CT molecular complexity index is 226. The van der Waals surface area contributed by atoms with Crippen molar-refractivity contribution in [2.24, 2.45) is 5.92 Å². The second-order valence-electron chi connectivity index (χ2n) is 4.85. The van der Waals surface area contributed by atoms with E-state index in [2.05, 4.69) is 12.2 Å². The van der Waals surface area contributed by atoms with E-state index < -0.39 is 0 Å². The Morgan fingerprint density at radius 2 is 2.20 bits per heavy atom. The van der Waals surface area contributed by atoms with Crippen molar-refractivity contribution in [2.75, 3.05) is 19.6 Å². The number of hydrogen-bond acceptors (Lipinski definition) is 2. The van der Waals surface area contributed by atoms with Crippen LogP contribution in [-0.4, -0.2) is 36.5 Å². The average Bonchev–Trinajstić information content (AvgIpc) is 3.00. The van der Waals surface area contributed by atoms with Crippen molar-refractivity contribution in [1.29, 1.82) is 0 Å². The van der Waals surface area contributed by atoms with Gasteiger partial charge in [0.2, 0.25) is 5.91 Å². The maximum atomic E-state index is 11.9. The van der Waals surface area contributed by atoms with Crippen LogP contribution in [0.25, 0.3) is 0 Å². The molecular formula is C12H22N2O. The van der Waals surface area contributed by atoms with Crippen molar-refractivity contribution in [1.82, 2.24) is 10.2 Å². The van der Waals surface area contributed by atoms with Gasteiger partial charge < -0.3 is 10.2 Å². The van der Waals surface area contributed by atoms with Gasteiger partial charge in [-0.25, -0.2) is 0 Å². The van der Waals surface area contributed by atoms with Gasteiger partial charge in [0.25, 0.3) is 0 Å². The summed E-state index contributed by atoms with van der Waals surface area (Å²) < 4.78 is 0. The molecule has 1 N–H and O–H groups in total. The largest absolute Gasteiger partial charge is 0.341 e. The summed E-state index contributed by atoms with van der Waals surface area (Å²) in [7, 11) is 0. The van der Waals surface area contributed by atoms with Gasteiger partial charge in [-0.2, -0.15) is 0 Å². The molecule has 1 saturated carbocycles. The molecule has 1 amide bonds. The highest BCUT2D eigenvalue weighted by Crippen LogP contribution is 2.32. The number of rotatable bonds is 6. The first kappa shape index (κ1) is 10.9. The Balaban J connectivity index is 1.70. The maximum Gasteiger partial charge on any atom is 0.239 e. The van der Waals surface area contributed by atoms with E-state index in [0.29, 0.717) is 5.91 Å². The second kappa shape index (κ2) is 4.97. The molecule has 1 unspecified atom stereocenters. The minimum atomic E-state index is 0.115. The van der Waals surface area contributed by atoms with Gasteiger partial charge in [-0.3, -0.25) is 4.79 Å². The van der Waals surface area contributed by atoms with Crippen LogP contribution in [-0.2, 0) is 4.79 Å². The van der Waals surface area contributed by atoms with Crippen LogP contribution in [0.5, 0.6) is 0 Å². The number of hydrogen-bond donors (Lipinski definition) is 1. The number of amides is 1. The highest BCUT2D eigenvalue weighted by molar-refractivity contribution is 5.83. The van der Waals surface area contributed by atoms with Crippen LogP contribution in [0, 0.1) is 5.92 Å². The van der Waals surface area contributed by atoms with Gasteiger partial charge in [-0.15, -0.1) is 0 Å². The molecular weight excluding hydrogens is 188 g/mol. The molecule has 3 heteroatoms. The van der Waals surface area contributed by atoms with Crippen LogP contribution >= 0.6 is 0 Å². The molecule has 0 aromatic heterocycles. The summed E-state index contributed by atoms with van der Waals surface area (Å²) in [5.74, 6) is 1.27. The normalized spacial score (nSPS) is 26.3. The molecule has 1 atom stereocenters. The van der Waals surface area contributed by atoms with E-state index in [9.17, 15) is 4.79 Å². The Labute approximate surface area is 92.2 Å². The fourth-order valence-corrected chi connectivity index (χ4v) is 2.21. The fourth-order valence-electron chi connectivity index (χ4n) is 2.21. The van der Waals surface area contributed by atoms with Crippen molar-refractivity contribution in [3.05, 3.63) is 0 Å². The lowest BCUT2D eigenvalue weighted by atomic mass is 10.2. The molecule has 2 fully saturated rings. The van der Waals surface area contributed by atoms with Gasteiger partial charge >= 0.3 is 0 Å².